The molecule has 0 radical (unpaired) electrons. The molecule has 0 amide bonds. The molecule has 4 nitrogen and oxygen atoms in total. The molecule has 0 heterocycles. The lowest BCUT2D eigenvalue weighted by Gasteiger charge is -2.22. The summed E-state index contributed by atoms with van der Waals surface area (Å²) in [5.41, 5.74) is 3.79. The van der Waals surface area contributed by atoms with Crippen molar-refractivity contribution in [3.8, 4) is 11.5 Å². The number of methoxy groups -OCH3 is 1. The minimum Gasteiger partial charge on any atom is -0.493 e. The van der Waals surface area contributed by atoms with Gasteiger partial charge in [0.05, 0.1) is 13.7 Å². The first-order valence-corrected chi connectivity index (χ1v) is 11.9. The summed E-state index contributed by atoms with van der Waals surface area (Å²) in [4.78, 5) is 12.0. The van der Waals surface area contributed by atoms with Crippen LogP contribution in [0.4, 0.5) is 0 Å². The zero-order valence-corrected chi connectivity index (χ0v) is 22.0. The van der Waals surface area contributed by atoms with Crippen LogP contribution in [0.25, 0.3) is 6.08 Å². The van der Waals surface area contributed by atoms with Crippen molar-refractivity contribution in [2.24, 2.45) is 11.3 Å². The van der Waals surface area contributed by atoms with Crippen LogP contribution in [0.5, 0.6) is 11.5 Å². The molecule has 0 saturated heterocycles. The zero-order valence-electron chi connectivity index (χ0n) is 22.0. The summed E-state index contributed by atoms with van der Waals surface area (Å²) >= 11 is 0. The molecule has 0 spiro atoms. The van der Waals surface area contributed by atoms with Crippen molar-refractivity contribution >= 4 is 12.0 Å². The fourth-order valence-electron chi connectivity index (χ4n) is 3.59. The SMILES string of the molecule is COc1cc(C=CC(=O)OCCC(C)CC(C)(C)C)ccc1OC/C=C(\C)CCC=C(C)C. The Hall–Kier alpha value is -2.49. The van der Waals surface area contributed by atoms with Crippen LogP contribution in [0.3, 0.4) is 0 Å². The number of carbonyl (C=O) groups excluding carboxylic acids is 1. The largest absolute Gasteiger partial charge is 0.493 e. The Bertz CT molecular complexity index is 821. The summed E-state index contributed by atoms with van der Waals surface area (Å²) in [5, 5.41) is 0. The van der Waals surface area contributed by atoms with Crippen LogP contribution in [0, 0.1) is 11.3 Å². The van der Waals surface area contributed by atoms with Gasteiger partial charge in [0.25, 0.3) is 0 Å². The number of ether oxygens (including phenoxy) is 3. The molecule has 0 bridgehead atoms. The van der Waals surface area contributed by atoms with Crippen molar-refractivity contribution in [2.45, 2.75) is 74.1 Å². The van der Waals surface area contributed by atoms with E-state index >= 15 is 0 Å². The molecule has 0 aliphatic heterocycles. The van der Waals surface area contributed by atoms with E-state index in [1.807, 2.05) is 18.2 Å². The van der Waals surface area contributed by atoms with Gasteiger partial charge in [0.2, 0.25) is 0 Å². The molecule has 0 aliphatic rings. The number of allylic oxidation sites excluding steroid dienone is 3. The smallest absolute Gasteiger partial charge is 0.330 e. The Morgan fingerprint density at radius 3 is 2.45 bits per heavy atom. The first kappa shape index (κ1) is 28.5. The molecular weight excluding hydrogens is 412 g/mol. The molecule has 0 fully saturated rings. The highest BCUT2D eigenvalue weighted by Crippen LogP contribution is 2.29. The molecule has 1 rings (SSSR count). The Morgan fingerprint density at radius 1 is 1.09 bits per heavy atom. The molecule has 0 aliphatic carbocycles. The van der Waals surface area contributed by atoms with Crippen LogP contribution in [0.15, 0.2) is 47.6 Å². The van der Waals surface area contributed by atoms with Gasteiger partial charge in [-0.15, -0.1) is 0 Å². The van der Waals surface area contributed by atoms with Crippen LogP contribution >= 0.6 is 0 Å². The van der Waals surface area contributed by atoms with Crippen molar-refractivity contribution in [1.82, 2.24) is 0 Å². The number of hydrogen-bond donors (Lipinski definition) is 0. The van der Waals surface area contributed by atoms with Gasteiger partial charge in [0.1, 0.15) is 6.61 Å². The van der Waals surface area contributed by atoms with E-state index in [1.54, 1.807) is 13.2 Å². The monoisotopic (exact) mass is 456 g/mol. The second-order valence-corrected chi connectivity index (χ2v) is 10.3. The summed E-state index contributed by atoms with van der Waals surface area (Å²) in [6.07, 6.45) is 11.6. The van der Waals surface area contributed by atoms with E-state index in [2.05, 4.69) is 60.6 Å². The summed E-state index contributed by atoms with van der Waals surface area (Å²) in [5.74, 6) is 1.51. The van der Waals surface area contributed by atoms with Crippen molar-refractivity contribution in [3.05, 3.63) is 53.1 Å². The van der Waals surface area contributed by atoms with Crippen LogP contribution in [0.2, 0.25) is 0 Å². The van der Waals surface area contributed by atoms with Gasteiger partial charge in [-0.25, -0.2) is 4.79 Å². The molecule has 1 aromatic rings. The number of hydrogen-bond acceptors (Lipinski definition) is 4. The van der Waals surface area contributed by atoms with Gasteiger partial charge in [-0.05, 0) is 87.6 Å². The second kappa shape index (κ2) is 14.6. The minimum absolute atomic E-state index is 0.290. The van der Waals surface area contributed by atoms with E-state index in [0.29, 0.717) is 36.0 Å². The molecule has 1 aromatic carbocycles. The first-order valence-electron chi connectivity index (χ1n) is 11.9. The number of rotatable bonds is 13. The van der Waals surface area contributed by atoms with Crippen LogP contribution in [-0.2, 0) is 9.53 Å². The maximum atomic E-state index is 12.0. The van der Waals surface area contributed by atoms with Crippen molar-refractivity contribution in [2.75, 3.05) is 20.3 Å². The van der Waals surface area contributed by atoms with E-state index in [1.165, 1.54) is 17.2 Å². The molecule has 1 atom stereocenters. The standard InChI is InChI=1S/C29H44O4/c1-22(2)10-9-11-23(3)16-18-32-26-14-12-25(20-27(26)31-8)13-15-28(30)33-19-17-24(4)21-29(5,6)7/h10,12-16,20,24H,9,11,17-19,21H2,1-8H3/b15-13?,23-16+. The van der Waals surface area contributed by atoms with Gasteiger partial charge in [-0.2, -0.15) is 0 Å². The molecule has 0 aromatic heterocycles. The molecule has 4 heteroatoms. The quantitative estimate of drug-likeness (QED) is 0.173. The van der Waals surface area contributed by atoms with Crippen molar-refractivity contribution in [1.29, 1.82) is 0 Å². The Labute approximate surface area is 201 Å². The normalized spacial score (nSPS) is 13.0. The maximum absolute atomic E-state index is 12.0. The number of carbonyl (C=O) groups is 1. The lowest BCUT2D eigenvalue weighted by molar-refractivity contribution is -0.138. The lowest BCUT2D eigenvalue weighted by Crippen LogP contribution is -2.13. The Morgan fingerprint density at radius 2 is 1.82 bits per heavy atom. The van der Waals surface area contributed by atoms with Gasteiger partial charge in [0, 0.05) is 6.08 Å². The second-order valence-electron chi connectivity index (χ2n) is 10.3. The summed E-state index contributed by atoms with van der Waals surface area (Å²) in [7, 11) is 1.61. The highest BCUT2D eigenvalue weighted by atomic mass is 16.5. The minimum atomic E-state index is -0.328. The molecule has 0 saturated carbocycles. The number of benzene rings is 1. The summed E-state index contributed by atoms with van der Waals surface area (Å²) < 4.78 is 16.7. The van der Waals surface area contributed by atoms with Crippen molar-refractivity contribution in [3.63, 3.8) is 0 Å². The fraction of sp³-hybridized carbons (Fsp3) is 0.552. The van der Waals surface area contributed by atoms with Gasteiger partial charge < -0.3 is 14.2 Å². The topological polar surface area (TPSA) is 44.8 Å². The maximum Gasteiger partial charge on any atom is 0.330 e. The van der Waals surface area contributed by atoms with Gasteiger partial charge in [-0.1, -0.05) is 51.0 Å². The molecule has 184 valence electrons. The van der Waals surface area contributed by atoms with E-state index in [4.69, 9.17) is 14.2 Å². The zero-order chi connectivity index (χ0) is 24.9. The first-order chi connectivity index (χ1) is 15.5. The summed E-state index contributed by atoms with van der Waals surface area (Å²) in [6, 6.07) is 5.62. The predicted molar refractivity (Wildman–Crippen MR) is 139 cm³/mol. The third kappa shape index (κ3) is 13.6. The molecule has 1 unspecified atom stereocenters. The number of esters is 1. The van der Waals surface area contributed by atoms with E-state index in [9.17, 15) is 4.79 Å². The molecule has 0 N–H and O–H groups in total. The third-order valence-corrected chi connectivity index (χ3v) is 5.18. The summed E-state index contributed by atoms with van der Waals surface area (Å²) in [6.45, 7) is 16.2. The van der Waals surface area contributed by atoms with Crippen LogP contribution < -0.4 is 9.47 Å². The van der Waals surface area contributed by atoms with E-state index < -0.39 is 0 Å². The third-order valence-electron chi connectivity index (χ3n) is 5.18. The fourth-order valence-corrected chi connectivity index (χ4v) is 3.59. The average molecular weight is 457 g/mol. The molecular formula is C29H44O4. The van der Waals surface area contributed by atoms with Crippen LogP contribution in [-0.4, -0.2) is 26.3 Å². The van der Waals surface area contributed by atoms with Crippen molar-refractivity contribution < 1.29 is 19.0 Å². The van der Waals surface area contributed by atoms with Crippen LogP contribution in [0.1, 0.15) is 79.7 Å². The van der Waals surface area contributed by atoms with E-state index in [-0.39, 0.29) is 5.97 Å². The van der Waals surface area contributed by atoms with E-state index in [0.717, 1.165) is 31.2 Å². The average Bonchev–Trinajstić information content (AvgIpc) is 2.71. The van der Waals surface area contributed by atoms with Gasteiger partial charge in [-0.3, -0.25) is 0 Å². The molecule has 33 heavy (non-hydrogen) atoms. The highest BCUT2D eigenvalue weighted by molar-refractivity contribution is 5.87. The lowest BCUT2D eigenvalue weighted by atomic mass is 9.84. The highest BCUT2D eigenvalue weighted by Gasteiger charge is 2.15. The van der Waals surface area contributed by atoms with Gasteiger partial charge >= 0.3 is 5.97 Å². The predicted octanol–water partition coefficient (Wildman–Crippen LogP) is 7.79. The van der Waals surface area contributed by atoms with Gasteiger partial charge in [0.15, 0.2) is 11.5 Å². The Balaban J connectivity index is 2.54. The Kier molecular flexibility index (Phi) is 12.6.